The Kier molecular flexibility index (Phi) is 6.68. The average molecular weight is 443 g/mol. The van der Waals surface area contributed by atoms with E-state index < -0.39 is 0 Å². The van der Waals surface area contributed by atoms with Crippen molar-refractivity contribution in [1.82, 2.24) is 9.88 Å². The molecule has 33 heavy (non-hydrogen) atoms. The predicted octanol–water partition coefficient (Wildman–Crippen LogP) is 5.30. The van der Waals surface area contributed by atoms with Gasteiger partial charge in [-0.1, -0.05) is 36.4 Å². The summed E-state index contributed by atoms with van der Waals surface area (Å²) >= 11 is 0. The van der Waals surface area contributed by atoms with Crippen molar-refractivity contribution >= 4 is 16.8 Å². The topological polar surface area (TPSA) is 52.5 Å². The molecule has 0 aliphatic heterocycles. The molecule has 1 amide bonds. The van der Waals surface area contributed by atoms with Crippen molar-refractivity contribution in [3.63, 3.8) is 0 Å². The first-order chi connectivity index (χ1) is 16.0. The zero-order chi connectivity index (χ0) is 23.4. The van der Waals surface area contributed by atoms with Gasteiger partial charge in [0.15, 0.2) is 11.5 Å². The Hall–Kier alpha value is -3.73. The van der Waals surface area contributed by atoms with Gasteiger partial charge in [-0.15, -0.1) is 0 Å². The molecule has 170 valence electrons. The molecule has 5 heteroatoms. The van der Waals surface area contributed by atoms with Crippen molar-refractivity contribution in [2.24, 2.45) is 0 Å². The van der Waals surface area contributed by atoms with Crippen LogP contribution in [0.3, 0.4) is 0 Å². The summed E-state index contributed by atoms with van der Waals surface area (Å²) < 4.78 is 13.0. The predicted molar refractivity (Wildman–Crippen MR) is 133 cm³/mol. The lowest BCUT2D eigenvalue weighted by Crippen LogP contribution is -2.25. The third-order valence-corrected chi connectivity index (χ3v) is 6.23. The maximum Gasteiger partial charge on any atom is 0.251 e. The Morgan fingerprint density at radius 2 is 1.64 bits per heavy atom. The van der Waals surface area contributed by atoms with Gasteiger partial charge in [-0.3, -0.25) is 4.79 Å². The molecule has 0 saturated carbocycles. The van der Waals surface area contributed by atoms with Crippen molar-refractivity contribution in [1.29, 1.82) is 0 Å². The molecular weight excluding hydrogens is 412 g/mol. The van der Waals surface area contributed by atoms with E-state index >= 15 is 0 Å². The van der Waals surface area contributed by atoms with Gasteiger partial charge in [-0.2, -0.15) is 0 Å². The van der Waals surface area contributed by atoms with Gasteiger partial charge in [0.2, 0.25) is 0 Å². The third-order valence-electron chi connectivity index (χ3n) is 6.23. The summed E-state index contributed by atoms with van der Waals surface area (Å²) in [5, 5.41) is 4.16. The van der Waals surface area contributed by atoms with E-state index in [0.717, 1.165) is 23.0 Å². The van der Waals surface area contributed by atoms with Crippen LogP contribution in [0.1, 0.15) is 32.7 Å². The van der Waals surface area contributed by atoms with Gasteiger partial charge in [0.25, 0.3) is 5.91 Å². The van der Waals surface area contributed by atoms with E-state index in [1.54, 1.807) is 14.2 Å². The number of benzene rings is 3. The summed E-state index contributed by atoms with van der Waals surface area (Å²) in [7, 11) is 3.24. The Bertz CT molecular complexity index is 1280. The van der Waals surface area contributed by atoms with Gasteiger partial charge in [-0.05, 0) is 67.3 Å². The molecule has 0 radical (unpaired) electrons. The molecule has 0 aliphatic rings. The number of carbonyl (C=O) groups excluding carboxylic acids is 1. The normalized spacial score (nSPS) is 10.9. The highest BCUT2D eigenvalue weighted by Gasteiger charge is 2.14. The number of rotatable bonds is 8. The molecule has 0 saturated heterocycles. The van der Waals surface area contributed by atoms with E-state index in [4.69, 9.17) is 9.47 Å². The van der Waals surface area contributed by atoms with Gasteiger partial charge in [0, 0.05) is 35.2 Å². The Balaban J connectivity index is 1.47. The van der Waals surface area contributed by atoms with E-state index in [9.17, 15) is 4.79 Å². The fraction of sp³-hybridized carbons (Fsp3) is 0.250. The van der Waals surface area contributed by atoms with Crippen molar-refractivity contribution < 1.29 is 14.3 Å². The molecule has 4 aromatic rings. The number of carbonyl (C=O) groups is 1. The first kappa shape index (κ1) is 22.5. The molecular formula is C28H30N2O3. The first-order valence-electron chi connectivity index (χ1n) is 11.1. The highest BCUT2D eigenvalue weighted by atomic mass is 16.5. The minimum atomic E-state index is -0.0646. The second kappa shape index (κ2) is 9.82. The van der Waals surface area contributed by atoms with Gasteiger partial charge < -0.3 is 19.4 Å². The number of nitrogens with zero attached hydrogens (tertiary/aromatic N) is 1. The minimum Gasteiger partial charge on any atom is -0.493 e. The third kappa shape index (κ3) is 4.72. The summed E-state index contributed by atoms with van der Waals surface area (Å²) in [4.78, 5) is 12.8. The zero-order valence-electron chi connectivity index (χ0n) is 19.6. The first-order valence-corrected chi connectivity index (χ1v) is 11.1. The highest BCUT2D eigenvalue weighted by Crippen LogP contribution is 2.28. The van der Waals surface area contributed by atoms with Gasteiger partial charge in [0.1, 0.15) is 0 Å². The van der Waals surface area contributed by atoms with E-state index in [-0.39, 0.29) is 5.91 Å². The Labute approximate surface area is 195 Å². The van der Waals surface area contributed by atoms with Crippen molar-refractivity contribution in [2.45, 2.75) is 26.8 Å². The van der Waals surface area contributed by atoms with Crippen LogP contribution >= 0.6 is 0 Å². The molecule has 0 unspecified atom stereocenters. The molecule has 0 atom stereocenters. The van der Waals surface area contributed by atoms with E-state index in [1.165, 1.54) is 16.8 Å². The maximum atomic E-state index is 12.8. The number of aromatic nitrogens is 1. The van der Waals surface area contributed by atoms with Crippen LogP contribution < -0.4 is 14.8 Å². The summed E-state index contributed by atoms with van der Waals surface area (Å²) in [5.74, 6) is 1.33. The van der Waals surface area contributed by atoms with Crippen molar-refractivity contribution in [3.8, 4) is 11.5 Å². The molecule has 4 rings (SSSR count). The Morgan fingerprint density at radius 3 is 2.36 bits per heavy atom. The van der Waals surface area contributed by atoms with Crippen molar-refractivity contribution in [2.75, 3.05) is 20.8 Å². The number of nitrogens with one attached hydrogen (secondary N) is 1. The number of hydrogen-bond acceptors (Lipinski definition) is 3. The van der Waals surface area contributed by atoms with Gasteiger partial charge in [0.05, 0.1) is 14.2 Å². The highest BCUT2D eigenvalue weighted by molar-refractivity contribution is 5.99. The van der Waals surface area contributed by atoms with Crippen LogP contribution in [0.15, 0.2) is 66.7 Å². The molecule has 3 aromatic carbocycles. The SMILES string of the molecule is COc1ccc(CCNC(=O)c2ccc3c(c2)c(C)c(C)n3Cc2ccccc2)cc1OC. The number of fused-ring (bicyclic) bond motifs is 1. The number of hydrogen-bond donors (Lipinski definition) is 1. The summed E-state index contributed by atoms with van der Waals surface area (Å²) in [6, 6.07) is 22.2. The maximum absolute atomic E-state index is 12.8. The van der Waals surface area contributed by atoms with Crippen LogP contribution in [0.2, 0.25) is 0 Å². The molecule has 1 aromatic heterocycles. The Morgan fingerprint density at radius 1 is 0.879 bits per heavy atom. The molecule has 1 N–H and O–H groups in total. The van der Waals surface area contributed by atoms with Crippen LogP contribution in [0.5, 0.6) is 11.5 Å². The van der Waals surface area contributed by atoms with E-state index in [1.807, 2.05) is 36.4 Å². The average Bonchev–Trinajstić information content (AvgIpc) is 3.08. The lowest BCUT2D eigenvalue weighted by atomic mass is 10.1. The molecule has 1 heterocycles. The smallest absolute Gasteiger partial charge is 0.251 e. The van der Waals surface area contributed by atoms with Crippen LogP contribution in [0, 0.1) is 13.8 Å². The van der Waals surface area contributed by atoms with Gasteiger partial charge >= 0.3 is 0 Å². The lowest BCUT2D eigenvalue weighted by Gasteiger charge is -2.11. The molecule has 0 bridgehead atoms. The fourth-order valence-electron chi connectivity index (χ4n) is 4.22. The standard InChI is InChI=1S/C28H30N2O3/c1-19-20(2)30(18-22-8-6-5-7-9-22)25-12-11-23(17-24(19)25)28(31)29-15-14-21-10-13-26(32-3)27(16-21)33-4/h5-13,16-17H,14-15,18H2,1-4H3,(H,29,31). The number of amides is 1. The fourth-order valence-corrected chi connectivity index (χ4v) is 4.22. The zero-order valence-corrected chi connectivity index (χ0v) is 19.6. The van der Waals surface area contributed by atoms with Crippen LogP contribution in [-0.4, -0.2) is 31.2 Å². The molecule has 0 spiro atoms. The van der Waals surface area contributed by atoms with Crippen LogP contribution in [0.25, 0.3) is 10.9 Å². The van der Waals surface area contributed by atoms with Crippen molar-refractivity contribution in [3.05, 3.63) is 94.7 Å². The lowest BCUT2D eigenvalue weighted by molar-refractivity contribution is 0.0954. The number of methoxy groups -OCH3 is 2. The second-order valence-corrected chi connectivity index (χ2v) is 8.21. The van der Waals surface area contributed by atoms with E-state index in [0.29, 0.717) is 30.0 Å². The quantitative estimate of drug-likeness (QED) is 0.403. The largest absolute Gasteiger partial charge is 0.493 e. The minimum absolute atomic E-state index is 0.0646. The number of ether oxygens (including phenoxy) is 2. The van der Waals surface area contributed by atoms with Crippen LogP contribution in [0.4, 0.5) is 0 Å². The summed E-state index contributed by atoms with van der Waals surface area (Å²) in [6.07, 6.45) is 0.708. The second-order valence-electron chi connectivity index (χ2n) is 8.21. The number of aryl methyl sites for hydroxylation is 1. The van der Waals surface area contributed by atoms with E-state index in [2.05, 4.69) is 54.1 Å². The van der Waals surface area contributed by atoms with Gasteiger partial charge in [-0.25, -0.2) is 0 Å². The summed E-state index contributed by atoms with van der Waals surface area (Å²) in [6.45, 7) is 5.62. The van der Waals surface area contributed by atoms with Crippen LogP contribution in [-0.2, 0) is 13.0 Å². The molecule has 0 fully saturated rings. The molecule has 5 nitrogen and oxygen atoms in total. The monoisotopic (exact) mass is 442 g/mol. The molecule has 0 aliphatic carbocycles. The summed E-state index contributed by atoms with van der Waals surface area (Å²) in [5.41, 5.74) is 6.59.